The first kappa shape index (κ1) is 19.1. The van der Waals surface area contributed by atoms with E-state index in [1.807, 2.05) is 6.92 Å². The van der Waals surface area contributed by atoms with E-state index in [2.05, 4.69) is 10.5 Å². The number of halogens is 1. The highest BCUT2D eigenvalue weighted by molar-refractivity contribution is 7.89. The van der Waals surface area contributed by atoms with Crippen molar-refractivity contribution in [2.75, 3.05) is 24.2 Å². The van der Waals surface area contributed by atoms with Crippen LogP contribution in [0.1, 0.15) is 32.6 Å². The molecule has 0 aliphatic carbocycles. The molecular formula is C17H22ClN3O4S. The minimum atomic E-state index is -3.30. The van der Waals surface area contributed by atoms with Gasteiger partial charge in [-0.2, -0.15) is 4.31 Å². The maximum atomic E-state index is 12.4. The van der Waals surface area contributed by atoms with Crippen LogP contribution in [0, 0.1) is 0 Å². The Hall–Kier alpha value is -1.64. The van der Waals surface area contributed by atoms with Gasteiger partial charge in [0, 0.05) is 23.7 Å². The number of amides is 1. The lowest BCUT2D eigenvalue weighted by atomic mass is 9.89. The quantitative estimate of drug-likeness (QED) is 0.824. The van der Waals surface area contributed by atoms with Gasteiger partial charge in [0.2, 0.25) is 10.0 Å². The Morgan fingerprint density at radius 1 is 1.46 bits per heavy atom. The molecule has 0 bridgehead atoms. The number of hydrogen-bond donors (Lipinski definition) is 1. The van der Waals surface area contributed by atoms with E-state index in [-0.39, 0.29) is 30.3 Å². The van der Waals surface area contributed by atoms with Gasteiger partial charge in [-0.1, -0.05) is 29.7 Å². The third kappa shape index (κ3) is 4.19. The minimum absolute atomic E-state index is 0.117. The lowest BCUT2D eigenvalue weighted by Crippen LogP contribution is -2.51. The summed E-state index contributed by atoms with van der Waals surface area (Å²) >= 11 is 5.92. The normalized spacial score (nSPS) is 23.5. The van der Waals surface area contributed by atoms with Crippen LogP contribution in [-0.4, -0.2) is 48.8 Å². The summed E-state index contributed by atoms with van der Waals surface area (Å²) in [6.07, 6.45) is 2.21. The highest BCUT2D eigenvalue weighted by Gasteiger charge is 2.46. The number of benzene rings is 1. The van der Waals surface area contributed by atoms with Crippen molar-refractivity contribution in [2.45, 2.75) is 38.2 Å². The molecule has 1 fully saturated rings. The Labute approximate surface area is 158 Å². The third-order valence-corrected chi connectivity index (χ3v) is 6.80. The van der Waals surface area contributed by atoms with Crippen LogP contribution < -0.4 is 5.32 Å². The summed E-state index contributed by atoms with van der Waals surface area (Å²) in [5.41, 5.74) is 0.0849. The van der Waals surface area contributed by atoms with Crippen molar-refractivity contribution in [2.24, 2.45) is 5.16 Å². The zero-order valence-corrected chi connectivity index (χ0v) is 16.1. The Morgan fingerprint density at radius 3 is 3.00 bits per heavy atom. The van der Waals surface area contributed by atoms with Crippen LogP contribution in [0.15, 0.2) is 29.4 Å². The van der Waals surface area contributed by atoms with Crippen molar-refractivity contribution in [3.05, 3.63) is 29.3 Å². The lowest BCUT2D eigenvalue weighted by molar-refractivity contribution is -0.110. The fourth-order valence-electron chi connectivity index (χ4n) is 3.31. The van der Waals surface area contributed by atoms with Gasteiger partial charge >= 0.3 is 0 Å². The molecule has 1 atom stereocenters. The van der Waals surface area contributed by atoms with E-state index in [1.165, 1.54) is 4.31 Å². The number of sulfonamides is 1. The van der Waals surface area contributed by atoms with E-state index < -0.39 is 15.6 Å². The van der Waals surface area contributed by atoms with Crippen LogP contribution in [0.25, 0.3) is 0 Å². The smallest absolute Gasteiger partial charge is 0.273 e. The van der Waals surface area contributed by atoms with E-state index in [4.69, 9.17) is 16.4 Å². The van der Waals surface area contributed by atoms with Gasteiger partial charge in [-0.15, -0.1) is 0 Å². The molecule has 1 saturated heterocycles. The van der Waals surface area contributed by atoms with Crippen molar-refractivity contribution in [1.29, 1.82) is 0 Å². The summed E-state index contributed by atoms with van der Waals surface area (Å²) in [6.45, 7) is 2.55. The number of oxime groups is 1. The number of carbonyl (C=O) groups is 1. The molecule has 0 unspecified atom stereocenters. The van der Waals surface area contributed by atoms with Crippen molar-refractivity contribution < 1.29 is 18.0 Å². The maximum Gasteiger partial charge on any atom is 0.273 e. The number of piperidine rings is 1. The summed E-state index contributed by atoms with van der Waals surface area (Å²) in [6, 6.07) is 6.83. The van der Waals surface area contributed by atoms with Crippen molar-refractivity contribution >= 4 is 38.9 Å². The zero-order valence-electron chi connectivity index (χ0n) is 14.6. The molecule has 1 spiro atoms. The van der Waals surface area contributed by atoms with E-state index in [0.29, 0.717) is 36.5 Å². The molecule has 9 heteroatoms. The number of carbonyl (C=O) groups excluding carboxylic acids is 1. The Balaban J connectivity index is 1.65. The molecule has 142 valence electrons. The number of nitrogens with zero attached hydrogens (tertiary/aromatic N) is 2. The van der Waals surface area contributed by atoms with Crippen LogP contribution in [-0.2, 0) is 19.7 Å². The summed E-state index contributed by atoms with van der Waals surface area (Å²) in [5.74, 6) is -0.246. The van der Waals surface area contributed by atoms with Gasteiger partial charge < -0.3 is 10.2 Å². The SMILES string of the molecule is CCCS(=O)(=O)N1CCC[C@@]2(CC(C(=O)Nc3cccc(Cl)c3)=NO2)C1. The number of rotatable bonds is 5. The number of hydrogen-bond acceptors (Lipinski definition) is 5. The van der Waals surface area contributed by atoms with Crippen LogP contribution in [0.3, 0.4) is 0 Å². The first-order valence-electron chi connectivity index (χ1n) is 8.63. The molecule has 26 heavy (non-hydrogen) atoms. The Bertz CT molecular complexity index is 827. The Kier molecular flexibility index (Phi) is 5.55. The molecular weight excluding hydrogens is 378 g/mol. The van der Waals surface area contributed by atoms with Gasteiger partial charge in [-0.05, 0) is 37.5 Å². The van der Waals surface area contributed by atoms with E-state index in [0.717, 1.165) is 0 Å². The second-order valence-corrected chi connectivity index (χ2v) is 9.23. The standard InChI is InChI=1S/C17H22ClN3O4S/c1-2-9-26(23,24)21-8-4-7-17(12-21)11-15(20-25-17)16(22)19-14-6-3-5-13(18)10-14/h3,5-6,10H,2,4,7-9,11-12H2,1H3,(H,19,22)/t17-/m1/s1. The van der Waals surface area contributed by atoms with Crippen LogP contribution in [0.4, 0.5) is 5.69 Å². The van der Waals surface area contributed by atoms with Gasteiger partial charge in [0.25, 0.3) is 5.91 Å². The molecule has 1 aromatic carbocycles. The van der Waals surface area contributed by atoms with Gasteiger partial charge in [0.15, 0.2) is 5.60 Å². The van der Waals surface area contributed by atoms with Gasteiger partial charge in [0.05, 0.1) is 12.3 Å². The monoisotopic (exact) mass is 399 g/mol. The second kappa shape index (κ2) is 7.54. The topological polar surface area (TPSA) is 88.1 Å². The van der Waals surface area contributed by atoms with Gasteiger partial charge in [0.1, 0.15) is 5.71 Å². The lowest BCUT2D eigenvalue weighted by Gasteiger charge is -2.37. The molecule has 0 aromatic heterocycles. The molecule has 2 aliphatic heterocycles. The molecule has 7 nitrogen and oxygen atoms in total. The summed E-state index contributed by atoms with van der Waals surface area (Å²) in [7, 11) is -3.30. The van der Waals surface area contributed by atoms with Crippen LogP contribution >= 0.6 is 11.6 Å². The first-order chi connectivity index (χ1) is 12.3. The minimum Gasteiger partial charge on any atom is -0.387 e. The van der Waals surface area contributed by atoms with Crippen molar-refractivity contribution in [1.82, 2.24) is 4.31 Å². The van der Waals surface area contributed by atoms with Gasteiger partial charge in [-0.25, -0.2) is 8.42 Å². The molecule has 0 saturated carbocycles. The summed E-state index contributed by atoms with van der Waals surface area (Å²) in [5, 5.41) is 7.21. The highest BCUT2D eigenvalue weighted by atomic mass is 35.5. The molecule has 1 aromatic rings. The summed E-state index contributed by atoms with van der Waals surface area (Å²) < 4.78 is 26.2. The number of anilines is 1. The fraction of sp³-hybridized carbons (Fsp3) is 0.529. The molecule has 2 aliphatic rings. The third-order valence-electron chi connectivity index (χ3n) is 4.54. The molecule has 1 amide bonds. The zero-order chi connectivity index (χ0) is 18.8. The molecule has 1 N–H and O–H groups in total. The average molecular weight is 400 g/mol. The van der Waals surface area contributed by atoms with E-state index >= 15 is 0 Å². The van der Waals surface area contributed by atoms with Gasteiger partial charge in [-0.3, -0.25) is 4.79 Å². The fourth-order valence-corrected chi connectivity index (χ4v) is 5.12. The molecule has 0 radical (unpaired) electrons. The molecule has 2 heterocycles. The Morgan fingerprint density at radius 2 is 2.27 bits per heavy atom. The van der Waals surface area contributed by atoms with Crippen LogP contribution in [0.2, 0.25) is 5.02 Å². The van der Waals surface area contributed by atoms with Crippen LogP contribution in [0.5, 0.6) is 0 Å². The number of nitrogens with one attached hydrogen (secondary N) is 1. The van der Waals surface area contributed by atoms with Crippen molar-refractivity contribution in [3.8, 4) is 0 Å². The van der Waals surface area contributed by atoms with Crippen molar-refractivity contribution in [3.63, 3.8) is 0 Å². The van der Waals surface area contributed by atoms with E-state index in [1.54, 1.807) is 24.3 Å². The predicted octanol–water partition coefficient (Wildman–Crippen LogP) is 2.63. The average Bonchev–Trinajstić information content (AvgIpc) is 2.98. The summed E-state index contributed by atoms with van der Waals surface area (Å²) in [4.78, 5) is 18.0. The highest BCUT2D eigenvalue weighted by Crippen LogP contribution is 2.34. The van der Waals surface area contributed by atoms with E-state index in [9.17, 15) is 13.2 Å². The largest absolute Gasteiger partial charge is 0.387 e. The molecule has 3 rings (SSSR count). The maximum absolute atomic E-state index is 12.4. The first-order valence-corrected chi connectivity index (χ1v) is 10.6. The predicted molar refractivity (Wildman–Crippen MR) is 101 cm³/mol. The second-order valence-electron chi connectivity index (χ2n) is 6.71.